The van der Waals surface area contributed by atoms with Crippen molar-refractivity contribution in [3.8, 4) is 0 Å². The van der Waals surface area contributed by atoms with Crippen molar-refractivity contribution in [2.24, 2.45) is 0 Å². The highest BCUT2D eigenvalue weighted by molar-refractivity contribution is 6.13. The maximum absolute atomic E-state index is 4.82. The zero-order valence-corrected chi connectivity index (χ0v) is 11.2. The lowest BCUT2D eigenvalue weighted by atomic mass is 10.1. The monoisotopic (exact) mass is 269 g/mol. The minimum absolute atomic E-state index is 0.978. The quantitative estimate of drug-likeness (QED) is 0.395. The normalized spacial score (nSPS) is 11.8. The molecule has 98 valence electrons. The Hall–Kier alpha value is -2.94. The molecule has 0 spiro atoms. The van der Waals surface area contributed by atoms with Gasteiger partial charge in [-0.3, -0.25) is 9.38 Å². The molecule has 0 saturated heterocycles. The standard InChI is InChI=1S/C18H11N3/c1-2-7-14-12(5-1)13-6-3-4-8-16(13)21-17-11-19-10-9-15(17)20-18(14)21/h1-11H. The van der Waals surface area contributed by atoms with Crippen molar-refractivity contribution in [2.75, 3.05) is 0 Å². The third-order valence-corrected chi connectivity index (χ3v) is 4.06. The highest BCUT2D eigenvalue weighted by Gasteiger charge is 2.12. The Labute approximate surface area is 120 Å². The van der Waals surface area contributed by atoms with Crippen molar-refractivity contribution >= 4 is 38.4 Å². The van der Waals surface area contributed by atoms with E-state index in [0.29, 0.717) is 0 Å². The summed E-state index contributed by atoms with van der Waals surface area (Å²) in [6.07, 6.45) is 3.68. The van der Waals surface area contributed by atoms with Crippen LogP contribution in [0.25, 0.3) is 38.4 Å². The van der Waals surface area contributed by atoms with Gasteiger partial charge in [0.05, 0.1) is 22.7 Å². The molecule has 5 aromatic rings. The van der Waals surface area contributed by atoms with Crippen molar-refractivity contribution in [1.82, 2.24) is 14.4 Å². The summed E-state index contributed by atoms with van der Waals surface area (Å²) >= 11 is 0. The first-order chi connectivity index (χ1) is 10.4. The fraction of sp³-hybridized carbons (Fsp3) is 0. The predicted octanol–water partition coefficient (Wildman–Crippen LogP) is 4.19. The average Bonchev–Trinajstić information content (AvgIpc) is 2.95. The van der Waals surface area contributed by atoms with E-state index in [0.717, 1.165) is 16.7 Å². The Kier molecular flexibility index (Phi) is 1.95. The van der Waals surface area contributed by atoms with Crippen LogP contribution < -0.4 is 0 Å². The lowest BCUT2D eigenvalue weighted by Crippen LogP contribution is -1.91. The molecule has 0 aliphatic heterocycles. The van der Waals surface area contributed by atoms with Crippen molar-refractivity contribution < 1.29 is 0 Å². The van der Waals surface area contributed by atoms with E-state index in [9.17, 15) is 0 Å². The summed E-state index contributed by atoms with van der Waals surface area (Å²) in [4.78, 5) is 9.08. The van der Waals surface area contributed by atoms with Crippen LogP contribution in [0.15, 0.2) is 67.0 Å². The zero-order valence-electron chi connectivity index (χ0n) is 11.2. The van der Waals surface area contributed by atoms with E-state index in [2.05, 4.69) is 57.9 Å². The van der Waals surface area contributed by atoms with E-state index in [1.165, 1.54) is 21.7 Å². The van der Waals surface area contributed by atoms with Crippen LogP contribution in [0, 0.1) is 0 Å². The molecule has 0 atom stereocenters. The molecule has 3 aromatic heterocycles. The molecule has 5 rings (SSSR count). The van der Waals surface area contributed by atoms with Gasteiger partial charge in [-0.1, -0.05) is 42.5 Å². The Balaban J connectivity index is 2.25. The smallest absolute Gasteiger partial charge is 0.146 e. The summed E-state index contributed by atoms with van der Waals surface area (Å²) in [5.74, 6) is 0. The number of fused-ring (bicyclic) bond motifs is 8. The molecule has 0 radical (unpaired) electrons. The second-order valence-corrected chi connectivity index (χ2v) is 5.20. The molecule has 0 N–H and O–H groups in total. The molecule has 0 unspecified atom stereocenters. The van der Waals surface area contributed by atoms with Crippen molar-refractivity contribution in [3.05, 3.63) is 67.0 Å². The van der Waals surface area contributed by atoms with Crippen LogP contribution in [0.5, 0.6) is 0 Å². The molecule has 0 saturated carbocycles. The molecule has 3 heteroatoms. The fourth-order valence-corrected chi connectivity index (χ4v) is 3.16. The number of rotatable bonds is 0. The third kappa shape index (κ3) is 1.32. The second-order valence-electron chi connectivity index (χ2n) is 5.20. The number of aromatic nitrogens is 3. The van der Waals surface area contributed by atoms with Gasteiger partial charge in [0.15, 0.2) is 0 Å². The second kappa shape index (κ2) is 3.79. The van der Waals surface area contributed by atoms with Gasteiger partial charge in [0, 0.05) is 17.0 Å². The molecule has 0 aliphatic rings. The number of nitrogens with zero attached hydrogens (tertiary/aromatic N) is 3. The lowest BCUT2D eigenvalue weighted by molar-refractivity contribution is 1.28. The van der Waals surface area contributed by atoms with Crippen molar-refractivity contribution in [3.63, 3.8) is 0 Å². The summed E-state index contributed by atoms with van der Waals surface area (Å²) in [6, 6.07) is 18.9. The number of hydrogen-bond donors (Lipinski definition) is 0. The Morgan fingerprint density at radius 2 is 1.48 bits per heavy atom. The maximum Gasteiger partial charge on any atom is 0.146 e. The number of pyridine rings is 2. The van der Waals surface area contributed by atoms with E-state index in [1.807, 2.05) is 12.3 Å². The van der Waals surface area contributed by atoms with Gasteiger partial charge in [0.2, 0.25) is 0 Å². The van der Waals surface area contributed by atoms with Gasteiger partial charge >= 0.3 is 0 Å². The molecule has 3 nitrogen and oxygen atoms in total. The van der Waals surface area contributed by atoms with Crippen LogP contribution >= 0.6 is 0 Å². The van der Waals surface area contributed by atoms with E-state index in [1.54, 1.807) is 6.20 Å². The first-order valence-electron chi connectivity index (χ1n) is 6.95. The van der Waals surface area contributed by atoms with E-state index < -0.39 is 0 Å². The van der Waals surface area contributed by atoms with E-state index in [4.69, 9.17) is 4.98 Å². The van der Waals surface area contributed by atoms with Crippen LogP contribution in [0.3, 0.4) is 0 Å². The number of hydrogen-bond acceptors (Lipinski definition) is 2. The Bertz CT molecular complexity index is 1140. The van der Waals surface area contributed by atoms with Gasteiger partial charge in [-0.15, -0.1) is 0 Å². The predicted molar refractivity (Wildman–Crippen MR) is 85.5 cm³/mol. The van der Waals surface area contributed by atoms with Gasteiger partial charge in [-0.05, 0) is 17.5 Å². The number of para-hydroxylation sites is 1. The average molecular weight is 269 g/mol. The van der Waals surface area contributed by atoms with Gasteiger partial charge < -0.3 is 0 Å². The fourth-order valence-electron chi connectivity index (χ4n) is 3.16. The van der Waals surface area contributed by atoms with Crippen molar-refractivity contribution in [1.29, 1.82) is 0 Å². The summed E-state index contributed by atoms with van der Waals surface area (Å²) in [7, 11) is 0. The summed E-state index contributed by atoms with van der Waals surface area (Å²) in [5.41, 5.74) is 4.19. The van der Waals surface area contributed by atoms with E-state index >= 15 is 0 Å². The minimum atomic E-state index is 0.978. The lowest BCUT2D eigenvalue weighted by Gasteiger charge is -2.08. The van der Waals surface area contributed by atoms with Gasteiger partial charge in [-0.2, -0.15) is 0 Å². The third-order valence-electron chi connectivity index (χ3n) is 4.06. The summed E-state index contributed by atoms with van der Waals surface area (Å²) in [5, 5.41) is 3.65. The molecule has 0 aliphatic carbocycles. The maximum atomic E-state index is 4.82. The number of benzene rings is 2. The number of imidazole rings is 1. The van der Waals surface area contributed by atoms with Crippen LogP contribution in [-0.4, -0.2) is 14.4 Å². The first kappa shape index (κ1) is 10.8. The summed E-state index contributed by atoms with van der Waals surface area (Å²) < 4.78 is 2.21. The largest absolute Gasteiger partial charge is 0.290 e. The SMILES string of the molecule is c1ccc2c(c1)c1ccccc1n1c3cnccc3nc21. The van der Waals surface area contributed by atoms with Crippen molar-refractivity contribution in [2.45, 2.75) is 0 Å². The first-order valence-corrected chi connectivity index (χ1v) is 6.95. The molecule has 0 amide bonds. The molecule has 3 heterocycles. The van der Waals surface area contributed by atoms with Gasteiger partial charge in [-0.25, -0.2) is 4.98 Å². The molecule has 21 heavy (non-hydrogen) atoms. The van der Waals surface area contributed by atoms with Crippen LogP contribution in [0.2, 0.25) is 0 Å². The van der Waals surface area contributed by atoms with Gasteiger partial charge in [0.25, 0.3) is 0 Å². The molecule has 2 aromatic carbocycles. The van der Waals surface area contributed by atoms with Gasteiger partial charge in [0.1, 0.15) is 5.65 Å². The molecular weight excluding hydrogens is 258 g/mol. The van der Waals surface area contributed by atoms with E-state index in [-0.39, 0.29) is 0 Å². The van der Waals surface area contributed by atoms with Crippen LogP contribution in [-0.2, 0) is 0 Å². The molecule has 0 bridgehead atoms. The highest BCUT2D eigenvalue weighted by Crippen LogP contribution is 2.31. The highest BCUT2D eigenvalue weighted by atomic mass is 15.0. The topological polar surface area (TPSA) is 30.2 Å². The Morgan fingerprint density at radius 1 is 0.714 bits per heavy atom. The zero-order chi connectivity index (χ0) is 13.8. The molecule has 0 fully saturated rings. The molecular formula is C18H11N3. The van der Waals surface area contributed by atoms with Crippen LogP contribution in [0.1, 0.15) is 0 Å². The summed E-state index contributed by atoms with van der Waals surface area (Å²) in [6.45, 7) is 0. The Morgan fingerprint density at radius 3 is 2.38 bits per heavy atom. The minimum Gasteiger partial charge on any atom is -0.290 e. The van der Waals surface area contributed by atoms with Crippen LogP contribution in [0.4, 0.5) is 0 Å².